The van der Waals surface area contributed by atoms with Crippen LogP contribution in [0.25, 0.3) is 0 Å². The highest BCUT2D eigenvalue weighted by Gasteiger charge is 2.40. The lowest BCUT2D eigenvalue weighted by atomic mass is 9.86. The van der Waals surface area contributed by atoms with Crippen LogP contribution in [-0.2, 0) is 6.54 Å². The number of rotatable bonds is 2. The first-order valence-corrected chi connectivity index (χ1v) is 7.15. The van der Waals surface area contributed by atoms with Crippen LogP contribution >= 0.6 is 12.4 Å². The second-order valence-electron chi connectivity index (χ2n) is 6.04. The molecule has 1 unspecified atom stereocenters. The van der Waals surface area contributed by atoms with E-state index in [1.54, 1.807) is 0 Å². The van der Waals surface area contributed by atoms with Crippen molar-refractivity contribution in [1.82, 2.24) is 10.2 Å². The Morgan fingerprint density at radius 3 is 3.05 bits per heavy atom. The molecule has 1 spiro atoms. The third-order valence-electron chi connectivity index (χ3n) is 4.72. The van der Waals surface area contributed by atoms with E-state index in [0.29, 0.717) is 12.2 Å². The SMILES string of the molecule is Cl.c1cc(CN2CCC3(CCNC3)C2)c2c(c1)OCO2. The zero-order valence-electron chi connectivity index (χ0n) is 11.6. The lowest BCUT2D eigenvalue weighted by Gasteiger charge is -2.23. The fourth-order valence-electron chi connectivity index (χ4n) is 3.66. The first-order valence-electron chi connectivity index (χ1n) is 7.15. The van der Waals surface area contributed by atoms with Crippen molar-refractivity contribution in [2.75, 3.05) is 33.0 Å². The van der Waals surface area contributed by atoms with E-state index in [1.165, 1.54) is 44.6 Å². The van der Waals surface area contributed by atoms with Crippen molar-refractivity contribution in [1.29, 1.82) is 0 Å². The van der Waals surface area contributed by atoms with Crippen LogP contribution in [0, 0.1) is 5.41 Å². The Labute approximate surface area is 125 Å². The summed E-state index contributed by atoms with van der Waals surface area (Å²) in [5, 5.41) is 3.51. The van der Waals surface area contributed by atoms with E-state index in [2.05, 4.69) is 22.3 Å². The molecule has 1 aromatic rings. The Morgan fingerprint density at radius 1 is 1.25 bits per heavy atom. The molecule has 5 heteroatoms. The van der Waals surface area contributed by atoms with E-state index < -0.39 is 0 Å². The minimum Gasteiger partial charge on any atom is -0.454 e. The van der Waals surface area contributed by atoms with E-state index in [0.717, 1.165) is 18.0 Å². The van der Waals surface area contributed by atoms with Gasteiger partial charge in [0.25, 0.3) is 0 Å². The van der Waals surface area contributed by atoms with Gasteiger partial charge in [0, 0.05) is 25.2 Å². The smallest absolute Gasteiger partial charge is 0.231 e. The molecule has 1 N–H and O–H groups in total. The van der Waals surface area contributed by atoms with Crippen LogP contribution in [0.2, 0.25) is 0 Å². The van der Waals surface area contributed by atoms with Crippen LogP contribution in [0.4, 0.5) is 0 Å². The van der Waals surface area contributed by atoms with Crippen LogP contribution in [-0.4, -0.2) is 37.9 Å². The molecule has 2 fully saturated rings. The summed E-state index contributed by atoms with van der Waals surface area (Å²) in [6, 6.07) is 6.20. The minimum absolute atomic E-state index is 0. The molecule has 0 radical (unpaired) electrons. The van der Waals surface area contributed by atoms with Crippen LogP contribution in [0.15, 0.2) is 18.2 Å². The Morgan fingerprint density at radius 2 is 2.20 bits per heavy atom. The molecule has 0 amide bonds. The van der Waals surface area contributed by atoms with Gasteiger partial charge in [0.15, 0.2) is 11.5 Å². The maximum atomic E-state index is 5.60. The topological polar surface area (TPSA) is 33.7 Å². The molecule has 0 aliphatic carbocycles. The van der Waals surface area contributed by atoms with Crippen molar-refractivity contribution in [3.05, 3.63) is 23.8 Å². The maximum Gasteiger partial charge on any atom is 0.231 e. The molecule has 0 bridgehead atoms. The largest absolute Gasteiger partial charge is 0.454 e. The number of nitrogens with one attached hydrogen (secondary N) is 1. The molecule has 2 saturated heterocycles. The van der Waals surface area contributed by atoms with E-state index in [9.17, 15) is 0 Å². The van der Waals surface area contributed by atoms with Crippen molar-refractivity contribution in [3.8, 4) is 11.5 Å². The molecule has 1 atom stereocenters. The van der Waals surface area contributed by atoms with E-state index >= 15 is 0 Å². The molecule has 0 saturated carbocycles. The van der Waals surface area contributed by atoms with Crippen molar-refractivity contribution >= 4 is 12.4 Å². The van der Waals surface area contributed by atoms with Crippen LogP contribution in [0.3, 0.4) is 0 Å². The highest BCUT2D eigenvalue weighted by atomic mass is 35.5. The number of likely N-dealkylation sites (tertiary alicyclic amines) is 1. The third-order valence-corrected chi connectivity index (χ3v) is 4.72. The molecule has 4 nitrogen and oxygen atoms in total. The van der Waals surface area contributed by atoms with Gasteiger partial charge in [0.2, 0.25) is 6.79 Å². The van der Waals surface area contributed by atoms with Gasteiger partial charge >= 0.3 is 0 Å². The van der Waals surface area contributed by atoms with Crippen molar-refractivity contribution in [2.24, 2.45) is 5.41 Å². The average Bonchev–Trinajstić information content (AvgIpc) is 3.13. The summed E-state index contributed by atoms with van der Waals surface area (Å²) in [6.45, 7) is 6.13. The van der Waals surface area contributed by atoms with Gasteiger partial charge in [-0.2, -0.15) is 0 Å². The number of benzene rings is 1. The maximum absolute atomic E-state index is 5.60. The van der Waals surface area contributed by atoms with Crippen molar-refractivity contribution in [2.45, 2.75) is 19.4 Å². The minimum atomic E-state index is 0. The lowest BCUT2D eigenvalue weighted by Crippen LogP contribution is -2.29. The molecule has 1 aromatic carbocycles. The van der Waals surface area contributed by atoms with Gasteiger partial charge in [-0.15, -0.1) is 12.4 Å². The summed E-state index contributed by atoms with van der Waals surface area (Å²) in [5.41, 5.74) is 1.80. The fraction of sp³-hybridized carbons (Fsp3) is 0.600. The van der Waals surface area contributed by atoms with Gasteiger partial charge in [-0.1, -0.05) is 12.1 Å². The first-order chi connectivity index (χ1) is 9.35. The number of nitrogens with zero attached hydrogens (tertiary/aromatic N) is 1. The standard InChI is InChI=1S/C15H20N2O2.ClH/c1-2-12(14-13(3-1)18-11-19-14)8-17-7-5-15(10-17)4-6-16-9-15;/h1-3,16H,4-11H2;1H. The van der Waals surface area contributed by atoms with Crippen LogP contribution in [0.5, 0.6) is 11.5 Å². The van der Waals surface area contributed by atoms with Gasteiger partial charge in [-0.25, -0.2) is 0 Å². The van der Waals surface area contributed by atoms with Gasteiger partial charge in [-0.05, 0) is 37.4 Å². The molecule has 4 rings (SSSR count). The average molecular weight is 297 g/mol. The molecule has 3 aliphatic heterocycles. The van der Waals surface area contributed by atoms with Crippen molar-refractivity contribution in [3.63, 3.8) is 0 Å². The third kappa shape index (κ3) is 2.36. The monoisotopic (exact) mass is 296 g/mol. The Hall–Kier alpha value is -0.970. The van der Waals surface area contributed by atoms with Gasteiger partial charge < -0.3 is 14.8 Å². The van der Waals surface area contributed by atoms with E-state index in [4.69, 9.17) is 9.47 Å². The second-order valence-corrected chi connectivity index (χ2v) is 6.04. The molecule has 0 aromatic heterocycles. The number of hydrogen-bond acceptors (Lipinski definition) is 4. The first kappa shape index (κ1) is 14.0. The number of fused-ring (bicyclic) bond motifs is 1. The molecule has 3 aliphatic rings. The van der Waals surface area contributed by atoms with E-state index in [1.807, 2.05) is 6.07 Å². The summed E-state index contributed by atoms with van der Waals surface area (Å²) >= 11 is 0. The molecule has 3 heterocycles. The zero-order valence-corrected chi connectivity index (χ0v) is 12.4. The Kier molecular flexibility index (Phi) is 3.80. The predicted molar refractivity (Wildman–Crippen MR) is 79.6 cm³/mol. The summed E-state index contributed by atoms with van der Waals surface area (Å²) in [6.07, 6.45) is 2.66. The molecular formula is C15H21ClN2O2. The van der Waals surface area contributed by atoms with Gasteiger partial charge in [0.05, 0.1) is 0 Å². The molecule has 20 heavy (non-hydrogen) atoms. The predicted octanol–water partition coefficient (Wildman–Crippen LogP) is 2.02. The van der Waals surface area contributed by atoms with Gasteiger partial charge in [-0.3, -0.25) is 4.90 Å². The number of para-hydroxylation sites is 1. The molecule has 110 valence electrons. The van der Waals surface area contributed by atoms with Crippen LogP contribution < -0.4 is 14.8 Å². The van der Waals surface area contributed by atoms with Crippen molar-refractivity contribution < 1.29 is 9.47 Å². The van der Waals surface area contributed by atoms with Crippen LogP contribution in [0.1, 0.15) is 18.4 Å². The zero-order chi connectivity index (χ0) is 12.7. The summed E-state index contributed by atoms with van der Waals surface area (Å²) < 4.78 is 11.0. The number of hydrogen-bond donors (Lipinski definition) is 1. The summed E-state index contributed by atoms with van der Waals surface area (Å²) in [5.74, 6) is 1.85. The Bertz CT molecular complexity index is 489. The highest BCUT2D eigenvalue weighted by molar-refractivity contribution is 5.85. The fourth-order valence-corrected chi connectivity index (χ4v) is 3.66. The van der Waals surface area contributed by atoms with Gasteiger partial charge in [0.1, 0.15) is 0 Å². The lowest BCUT2D eigenvalue weighted by molar-refractivity contribution is 0.172. The van der Waals surface area contributed by atoms with E-state index in [-0.39, 0.29) is 12.4 Å². The Balaban J connectivity index is 0.00000121. The quantitative estimate of drug-likeness (QED) is 0.905. The normalized spacial score (nSPS) is 28.0. The second kappa shape index (κ2) is 5.43. The highest BCUT2D eigenvalue weighted by Crippen LogP contribution is 2.39. The number of halogens is 1. The summed E-state index contributed by atoms with van der Waals surface area (Å²) in [4.78, 5) is 2.56. The molecular weight excluding hydrogens is 276 g/mol. The summed E-state index contributed by atoms with van der Waals surface area (Å²) in [7, 11) is 0. The number of ether oxygens (including phenoxy) is 2.